The fourth-order valence-electron chi connectivity index (χ4n) is 2.80. The number of carbonyl (C=O) groups is 1. The molecule has 0 radical (unpaired) electrons. The fraction of sp³-hybridized carbons (Fsp3) is 0.150. The fourth-order valence-corrected chi connectivity index (χ4v) is 3.47. The van der Waals surface area contributed by atoms with Gasteiger partial charge in [0, 0.05) is 30.9 Å². The molecule has 1 amide bonds. The zero-order chi connectivity index (χ0) is 21.0. The van der Waals surface area contributed by atoms with Crippen molar-refractivity contribution in [1.29, 1.82) is 5.26 Å². The van der Waals surface area contributed by atoms with E-state index >= 15 is 0 Å². The minimum Gasteiger partial charge on any atom is -0.348 e. The number of aromatic nitrogens is 2. The molecule has 3 aromatic rings. The topological polar surface area (TPSA) is 111 Å². The highest BCUT2D eigenvalue weighted by atomic mass is 32.2. The van der Waals surface area contributed by atoms with Crippen molar-refractivity contribution >= 4 is 28.5 Å². The van der Waals surface area contributed by atoms with Crippen LogP contribution in [0.5, 0.6) is 0 Å². The lowest BCUT2D eigenvalue weighted by Gasteiger charge is -2.22. The first-order chi connectivity index (χ1) is 13.9. The Labute approximate surface area is 170 Å². The average molecular weight is 409 g/mol. The van der Waals surface area contributed by atoms with E-state index in [1.165, 1.54) is 4.31 Å². The molecule has 2 aromatic carbocycles. The summed E-state index contributed by atoms with van der Waals surface area (Å²) in [6, 6.07) is 13.3. The number of rotatable bonds is 6. The van der Waals surface area contributed by atoms with Crippen LogP contribution >= 0.6 is 0 Å². The molecule has 0 saturated heterocycles. The second-order valence-electron chi connectivity index (χ2n) is 6.39. The molecule has 8 nitrogen and oxygen atoms in total. The number of anilines is 2. The van der Waals surface area contributed by atoms with Gasteiger partial charge in [0.05, 0.1) is 29.2 Å². The molecule has 9 heteroatoms. The number of benzene rings is 2. The number of aryl methyl sites for hydroxylation is 2. The summed E-state index contributed by atoms with van der Waals surface area (Å²) in [7, 11) is 1.80. The molecular weight excluding hydrogens is 390 g/mol. The standard InChI is InChI=1S/C20H19N5O3S/c1-14-3-6-17(20(26)22-11-16-12-23-24(2)13-16)9-19(14)25(29(27)28)18-7-4-15(10-21)5-8-18/h3-9,12-13H,11H2,1-2H3,(H,22,26)(H,27,28). The maximum absolute atomic E-state index is 12.6. The lowest BCUT2D eigenvalue weighted by molar-refractivity contribution is 0.0951. The quantitative estimate of drug-likeness (QED) is 0.608. The predicted molar refractivity (Wildman–Crippen MR) is 110 cm³/mol. The van der Waals surface area contributed by atoms with Crippen LogP contribution in [-0.4, -0.2) is 24.4 Å². The summed E-state index contributed by atoms with van der Waals surface area (Å²) in [5.41, 5.74) is 3.24. The van der Waals surface area contributed by atoms with E-state index in [0.717, 1.165) is 11.1 Å². The lowest BCUT2D eigenvalue weighted by atomic mass is 10.1. The van der Waals surface area contributed by atoms with Crippen LogP contribution in [0.25, 0.3) is 0 Å². The van der Waals surface area contributed by atoms with Crippen LogP contribution in [0, 0.1) is 18.3 Å². The third-order valence-corrected chi connectivity index (χ3v) is 5.01. The molecule has 0 spiro atoms. The second-order valence-corrected chi connectivity index (χ2v) is 7.22. The van der Waals surface area contributed by atoms with E-state index in [-0.39, 0.29) is 5.91 Å². The minimum atomic E-state index is -2.37. The largest absolute Gasteiger partial charge is 0.348 e. The van der Waals surface area contributed by atoms with Gasteiger partial charge in [-0.2, -0.15) is 10.4 Å². The molecule has 0 aliphatic heterocycles. The monoisotopic (exact) mass is 409 g/mol. The zero-order valence-corrected chi connectivity index (χ0v) is 16.7. The van der Waals surface area contributed by atoms with Crippen molar-refractivity contribution in [2.24, 2.45) is 7.05 Å². The summed E-state index contributed by atoms with van der Waals surface area (Å²) in [6.45, 7) is 2.11. The average Bonchev–Trinajstić information content (AvgIpc) is 3.13. The van der Waals surface area contributed by atoms with Crippen LogP contribution in [0.1, 0.15) is 27.0 Å². The Morgan fingerprint density at radius 1 is 1.31 bits per heavy atom. The van der Waals surface area contributed by atoms with E-state index in [1.54, 1.807) is 67.3 Å². The second kappa shape index (κ2) is 8.68. The van der Waals surface area contributed by atoms with Gasteiger partial charge in [-0.15, -0.1) is 0 Å². The van der Waals surface area contributed by atoms with E-state index in [4.69, 9.17) is 5.26 Å². The van der Waals surface area contributed by atoms with E-state index in [0.29, 0.717) is 29.0 Å². The van der Waals surface area contributed by atoms with Crippen molar-refractivity contribution in [1.82, 2.24) is 15.1 Å². The SMILES string of the molecule is Cc1ccc(C(=O)NCc2cnn(C)c2)cc1N(c1ccc(C#N)cc1)S(=O)O. The Morgan fingerprint density at radius 3 is 2.62 bits per heavy atom. The molecule has 0 aliphatic carbocycles. The van der Waals surface area contributed by atoms with Gasteiger partial charge in [-0.1, -0.05) is 6.07 Å². The van der Waals surface area contributed by atoms with Crippen LogP contribution in [-0.2, 0) is 24.9 Å². The summed E-state index contributed by atoms with van der Waals surface area (Å²) >= 11 is -2.37. The number of nitriles is 1. The molecule has 148 valence electrons. The molecule has 2 N–H and O–H groups in total. The van der Waals surface area contributed by atoms with Crippen LogP contribution in [0.3, 0.4) is 0 Å². The Hall–Kier alpha value is -3.48. The van der Waals surface area contributed by atoms with Gasteiger partial charge in [0.2, 0.25) is 0 Å². The van der Waals surface area contributed by atoms with Gasteiger partial charge in [-0.3, -0.25) is 14.0 Å². The first kappa shape index (κ1) is 20.3. The van der Waals surface area contributed by atoms with E-state index < -0.39 is 11.3 Å². The number of hydrogen-bond acceptors (Lipinski definition) is 4. The van der Waals surface area contributed by atoms with Crippen molar-refractivity contribution < 1.29 is 13.6 Å². The van der Waals surface area contributed by atoms with E-state index in [9.17, 15) is 13.6 Å². The van der Waals surface area contributed by atoms with Crippen molar-refractivity contribution in [2.45, 2.75) is 13.5 Å². The first-order valence-corrected chi connectivity index (χ1v) is 9.73. The highest BCUT2D eigenvalue weighted by Crippen LogP contribution is 2.30. The molecule has 0 aliphatic rings. The van der Waals surface area contributed by atoms with Gasteiger partial charge >= 0.3 is 0 Å². The first-order valence-electron chi connectivity index (χ1n) is 8.66. The van der Waals surface area contributed by atoms with Crippen molar-refractivity contribution in [3.63, 3.8) is 0 Å². The molecule has 29 heavy (non-hydrogen) atoms. The number of carbonyl (C=O) groups excluding carboxylic acids is 1. The minimum absolute atomic E-state index is 0.307. The smallest absolute Gasteiger partial charge is 0.266 e. The summed E-state index contributed by atoms with van der Waals surface area (Å²) < 4.78 is 24.8. The summed E-state index contributed by atoms with van der Waals surface area (Å²) in [6.07, 6.45) is 3.48. The molecule has 0 fully saturated rings. The highest BCUT2D eigenvalue weighted by Gasteiger charge is 2.19. The maximum Gasteiger partial charge on any atom is 0.266 e. The van der Waals surface area contributed by atoms with Gasteiger partial charge < -0.3 is 5.32 Å². The molecule has 3 rings (SSSR count). The molecule has 1 atom stereocenters. The van der Waals surface area contributed by atoms with Gasteiger partial charge in [-0.05, 0) is 48.9 Å². The Balaban J connectivity index is 1.88. The molecule has 0 saturated carbocycles. The number of nitrogens with one attached hydrogen (secondary N) is 1. The van der Waals surface area contributed by atoms with E-state index in [1.807, 2.05) is 12.3 Å². The Kier molecular flexibility index (Phi) is 6.07. The predicted octanol–water partition coefficient (Wildman–Crippen LogP) is 2.81. The normalized spacial score (nSPS) is 11.5. The van der Waals surface area contributed by atoms with Crippen molar-refractivity contribution in [3.8, 4) is 6.07 Å². The Morgan fingerprint density at radius 2 is 2.03 bits per heavy atom. The summed E-state index contributed by atoms with van der Waals surface area (Å²) in [5, 5.41) is 15.8. The lowest BCUT2D eigenvalue weighted by Crippen LogP contribution is -2.24. The van der Waals surface area contributed by atoms with Crippen LogP contribution in [0.4, 0.5) is 11.4 Å². The number of amides is 1. The molecule has 0 bridgehead atoms. The Bertz CT molecular complexity index is 1100. The number of nitrogens with zero attached hydrogens (tertiary/aromatic N) is 4. The van der Waals surface area contributed by atoms with Gasteiger partial charge in [0.25, 0.3) is 17.2 Å². The number of hydrogen-bond donors (Lipinski definition) is 2. The third-order valence-electron chi connectivity index (χ3n) is 4.29. The highest BCUT2D eigenvalue weighted by molar-refractivity contribution is 7.81. The van der Waals surface area contributed by atoms with Crippen LogP contribution in [0.15, 0.2) is 54.9 Å². The summed E-state index contributed by atoms with van der Waals surface area (Å²) in [4.78, 5) is 12.6. The van der Waals surface area contributed by atoms with Crippen LogP contribution in [0.2, 0.25) is 0 Å². The zero-order valence-electron chi connectivity index (χ0n) is 15.9. The van der Waals surface area contributed by atoms with Gasteiger partial charge in [-0.25, -0.2) is 8.51 Å². The molecule has 1 aromatic heterocycles. The molecular formula is C20H19N5O3S. The van der Waals surface area contributed by atoms with Crippen molar-refractivity contribution in [3.05, 3.63) is 77.1 Å². The third kappa shape index (κ3) is 4.68. The van der Waals surface area contributed by atoms with Crippen LogP contribution < -0.4 is 9.62 Å². The van der Waals surface area contributed by atoms with Crippen molar-refractivity contribution in [2.75, 3.05) is 4.31 Å². The molecule has 1 unspecified atom stereocenters. The maximum atomic E-state index is 12.6. The van der Waals surface area contributed by atoms with E-state index in [2.05, 4.69) is 10.4 Å². The molecule has 1 heterocycles. The van der Waals surface area contributed by atoms with Gasteiger partial charge in [0.1, 0.15) is 0 Å². The summed E-state index contributed by atoms with van der Waals surface area (Å²) in [5.74, 6) is -0.307. The van der Waals surface area contributed by atoms with Gasteiger partial charge in [0.15, 0.2) is 0 Å².